The zero-order valence-electron chi connectivity index (χ0n) is 4.12. The zero-order valence-corrected chi connectivity index (χ0v) is 6.75. The van der Waals surface area contributed by atoms with Crippen LogP contribution >= 0.6 is 0 Å². The first-order valence-corrected chi connectivity index (χ1v) is 3.10. The molecule has 7 heteroatoms. The van der Waals surface area contributed by atoms with Crippen molar-refractivity contribution in [3.8, 4) is 0 Å². The second-order valence-electron chi connectivity index (χ2n) is 0.448. The van der Waals surface area contributed by atoms with Crippen molar-refractivity contribution in [1.29, 1.82) is 0 Å². The SMILES string of the molecule is O=S(O)(O)=S.[GaH3].[H-].[Na+]. The summed E-state index contributed by atoms with van der Waals surface area (Å²) in [5.74, 6) is 0. The maximum Gasteiger partial charge on any atom is 1.00 e. The normalized spacial score (nSPS) is 8.29. The second-order valence-corrected chi connectivity index (χ2v) is 2.65. The summed E-state index contributed by atoms with van der Waals surface area (Å²) < 4.78 is 24.0. The van der Waals surface area contributed by atoms with Crippen molar-refractivity contribution in [3.63, 3.8) is 0 Å². The molecule has 40 valence electrons. The first kappa shape index (κ1) is 16.0. The molecule has 0 amide bonds. The molecule has 0 unspecified atom stereocenters. The molecule has 2 N–H and O–H groups in total. The Labute approximate surface area is 83.4 Å². The average Bonchev–Trinajstić information content (AvgIpc) is 0.722. The van der Waals surface area contributed by atoms with Crippen molar-refractivity contribution in [1.82, 2.24) is 0 Å². The predicted molar refractivity (Wildman–Crippen MR) is 31.8 cm³/mol. The van der Waals surface area contributed by atoms with Crippen LogP contribution in [0.15, 0.2) is 0 Å². The van der Waals surface area contributed by atoms with Gasteiger partial charge in [-0.1, -0.05) is 0 Å². The van der Waals surface area contributed by atoms with Gasteiger partial charge in [0.25, 0.3) is 9.05 Å². The van der Waals surface area contributed by atoms with E-state index in [0.717, 1.165) is 0 Å². The largest absolute Gasteiger partial charge is 1.00 e. The zero-order chi connectivity index (χ0) is 4.50. The van der Waals surface area contributed by atoms with Gasteiger partial charge in [-0.3, -0.25) is 9.11 Å². The molecule has 0 aromatic heterocycles. The summed E-state index contributed by atoms with van der Waals surface area (Å²) in [6, 6.07) is 0. The smallest absolute Gasteiger partial charge is 1.00 e. The molecule has 0 saturated heterocycles. The maximum atomic E-state index is 9.11. The van der Waals surface area contributed by atoms with Gasteiger partial charge in [-0.25, -0.2) is 0 Å². The molecule has 0 spiro atoms. The van der Waals surface area contributed by atoms with Crippen LogP contribution in [0.4, 0.5) is 0 Å². The van der Waals surface area contributed by atoms with Gasteiger partial charge in [0, 0.05) is 11.2 Å². The van der Waals surface area contributed by atoms with Crippen molar-refractivity contribution >= 4 is 40.0 Å². The third-order valence-electron chi connectivity index (χ3n) is 0. The number of hydrogen-bond donors (Lipinski definition) is 2. The third kappa shape index (κ3) is 75.0. The standard InChI is InChI=1S/Ga.Na.H2O3S2.4H/c;;1-5(2,3)4;;;;/h;;(H2,1,2,3,4);;;;/q;+1;;;;;-1. The van der Waals surface area contributed by atoms with Gasteiger partial charge < -0.3 is 1.43 Å². The van der Waals surface area contributed by atoms with E-state index in [4.69, 9.17) is 13.3 Å². The van der Waals surface area contributed by atoms with E-state index < -0.39 is 9.05 Å². The van der Waals surface area contributed by atoms with Crippen molar-refractivity contribution in [2.24, 2.45) is 0 Å². The first-order chi connectivity index (χ1) is 2.00. The topological polar surface area (TPSA) is 57.5 Å². The minimum Gasteiger partial charge on any atom is -1.00 e. The summed E-state index contributed by atoms with van der Waals surface area (Å²) in [4.78, 5) is 0. The Morgan fingerprint density at radius 1 is 1.57 bits per heavy atom. The number of hydrogen-bond acceptors (Lipinski definition) is 2. The van der Waals surface area contributed by atoms with Crippen LogP contribution in [-0.4, -0.2) is 33.1 Å². The molecule has 0 aliphatic rings. The summed E-state index contributed by atoms with van der Waals surface area (Å²) in [5.41, 5.74) is 0. The van der Waals surface area contributed by atoms with E-state index in [1.54, 1.807) is 0 Å². The Morgan fingerprint density at radius 2 is 1.57 bits per heavy atom. The van der Waals surface area contributed by atoms with Crippen LogP contribution in [0.2, 0.25) is 0 Å². The summed E-state index contributed by atoms with van der Waals surface area (Å²) in [6.07, 6.45) is 0. The van der Waals surface area contributed by atoms with Gasteiger partial charge >= 0.3 is 49.3 Å². The van der Waals surface area contributed by atoms with Crippen LogP contribution in [0.25, 0.3) is 0 Å². The Hall–Kier alpha value is 1.93. The minimum absolute atomic E-state index is 0. The fraction of sp³-hybridized carbons (Fsp3) is 0. The monoisotopic (exact) mass is 210 g/mol. The molecule has 0 saturated carbocycles. The van der Waals surface area contributed by atoms with Crippen LogP contribution in [0.3, 0.4) is 0 Å². The summed E-state index contributed by atoms with van der Waals surface area (Å²) in [6.45, 7) is 0. The van der Waals surface area contributed by atoms with Crippen LogP contribution in [0.1, 0.15) is 1.43 Å². The van der Waals surface area contributed by atoms with E-state index in [-0.39, 0.29) is 50.8 Å². The first-order valence-electron chi connectivity index (χ1n) is 0.698. The van der Waals surface area contributed by atoms with E-state index in [9.17, 15) is 0 Å². The molecule has 0 aromatic rings. The molecule has 0 fully saturated rings. The van der Waals surface area contributed by atoms with Gasteiger partial charge in [-0.15, -0.1) is 0 Å². The van der Waals surface area contributed by atoms with Gasteiger partial charge in [-0.05, 0) is 0 Å². The van der Waals surface area contributed by atoms with E-state index in [1.165, 1.54) is 0 Å². The molecule has 0 radical (unpaired) electrons. The Morgan fingerprint density at radius 3 is 1.57 bits per heavy atom. The Bertz CT molecular complexity index is 100. The number of rotatable bonds is 0. The fourth-order valence-corrected chi connectivity index (χ4v) is 0. The van der Waals surface area contributed by atoms with Crippen molar-refractivity contribution in [3.05, 3.63) is 0 Å². The molecule has 0 rings (SSSR count). The minimum atomic E-state index is -3.83. The quantitative estimate of drug-likeness (QED) is 0.397. The van der Waals surface area contributed by atoms with Gasteiger partial charge in [0.2, 0.25) is 0 Å². The summed E-state index contributed by atoms with van der Waals surface area (Å²) in [7, 11) is -3.83. The van der Waals surface area contributed by atoms with E-state index in [0.29, 0.717) is 0 Å². The maximum absolute atomic E-state index is 9.11. The molecule has 7 heavy (non-hydrogen) atoms. The fourth-order valence-electron chi connectivity index (χ4n) is 0. The second kappa shape index (κ2) is 6.05. The molecule has 0 aliphatic carbocycles. The van der Waals surface area contributed by atoms with Crippen LogP contribution < -0.4 is 29.6 Å². The van der Waals surface area contributed by atoms with Gasteiger partial charge in [-0.2, -0.15) is 4.21 Å². The van der Waals surface area contributed by atoms with Gasteiger partial charge in [0.05, 0.1) is 0 Å². The van der Waals surface area contributed by atoms with E-state index in [1.807, 2.05) is 0 Å². The van der Waals surface area contributed by atoms with Crippen LogP contribution in [0, 0.1) is 0 Å². The predicted octanol–water partition coefficient (Wildman–Crippen LogP) is -4.39. The molecule has 0 aliphatic heterocycles. The third-order valence-corrected chi connectivity index (χ3v) is 0. The Balaban J connectivity index is -0.0000000267. The molecular formula is H6GaNaO3S2. The van der Waals surface area contributed by atoms with Crippen molar-refractivity contribution < 1.29 is 44.3 Å². The van der Waals surface area contributed by atoms with Crippen LogP contribution in [-0.2, 0) is 20.2 Å². The van der Waals surface area contributed by atoms with Crippen molar-refractivity contribution in [2.45, 2.75) is 0 Å². The molecule has 0 heterocycles. The van der Waals surface area contributed by atoms with Gasteiger partial charge in [0.1, 0.15) is 0 Å². The summed E-state index contributed by atoms with van der Waals surface area (Å²) >= 11 is 3.47. The average molecular weight is 211 g/mol. The van der Waals surface area contributed by atoms with Gasteiger partial charge in [0.15, 0.2) is 0 Å². The van der Waals surface area contributed by atoms with E-state index >= 15 is 0 Å². The molecular weight excluding hydrogens is 205 g/mol. The molecule has 3 nitrogen and oxygen atoms in total. The molecule has 0 atom stereocenters. The van der Waals surface area contributed by atoms with Crippen LogP contribution in [0.5, 0.6) is 0 Å². The van der Waals surface area contributed by atoms with E-state index in [2.05, 4.69) is 11.2 Å². The summed E-state index contributed by atoms with van der Waals surface area (Å²) in [5, 5.41) is 0. The molecule has 0 bridgehead atoms. The molecule has 0 aromatic carbocycles. The Kier molecular flexibility index (Phi) is 13.8. The van der Waals surface area contributed by atoms with Crippen molar-refractivity contribution in [2.75, 3.05) is 0 Å².